The summed E-state index contributed by atoms with van der Waals surface area (Å²) in [6, 6.07) is 0. The van der Waals surface area contributed by atoms with Gasteiger partial charge in [-0.2, -0.15) is 0 Å². The topological polar surface area (TPSA) is 0 Å². The first-order valence-corrected chi connectivity index (χ1v) is 9.01. The number of hydrogen-bond acceptors (Lipinski definition) is 0. The minimum atomic E-state index is 0.462. The second kappa shape index (κ2) is 4.37. The van der Waals surface area contributed by atoms with Gasteiger partial charge in [-0.25, -0.2) is 0 Å². The normalized spacial score (nSPS) is 48.9. The van der Waals surface area contributed by atoms with Crippen molar-refractivity contribution in [2.45, 2.75) is 65.7 Å². The van der Waals surface area contributed by atoms with Crippen LogP contribution < -0.4 is 0 Å². The lowest BCUT2D eigenvalue weighted by Crippen LogP contribution is -2.48. The van der Waals surface area contributed by atoms with E-state index in [0.29, 0.717) is 10.8 Å². The molecule has 5 unspecified atom stereocenters. The zero-order valence-corrected chi connectivity index (χ0v) is 14.0. The van der Waals surface area contributed by atoms with E-state index in [9.17, 15) is 0 Å². The van der Waals surface area contributed by atoms with E-state index in [2.05, 4.69) is 39.5 Å². The molecule has 0 aromatic rings. The minimum absolute atomic E-state index is 0.462. The van der Waals surface area contributed by atoms with E-state index in [1.54, 1.807) is 16.7 Å². The van der Waals surface area contributed by atoms with Crippen LogP contribution in [0.2, 0.25) is 0 Å². The quantitative estimate of drug-likeness (QED) is 0.474. The van der Waals surface area contributed by atoms with Crippen LogP contribution in [0, 0.1) is 28.6 Å². The largest absolute Gasteiger partial charge is 0.0993 e. The molecule has 2 fully saturated rings. The van der Waals surface area contributed by atoms with Crippen molar-refractivity contribution >= 4 is 0 Å². The van der Waals surface area contributed by atoms with Gasteiger partial charge >= 0.3 is 0 Å². The van der Waals surface area contributed by atoms with Gasteiger partial charge in [-0.15, -0.1) is 0 Å². The van der Waals surface area contributed by atoms with E-state index in [-0.39, 0.29) is 0 Å². The fourth-order valence-corrected chi connectivity index (χ4v) is 6.37. The summed E-state index contributed by atoms with van der Waals surface area (Å²) in [7, 11) is 0. The van der Waals surface area contributed by atoms with Crippen molar-refractivity contribution in [1.29, 1.82) is 0 Å². The third-order valence-electron chi connectivity index (χ3n) is 7.92. The summed E-state index contributed by atoms with van der Waals surface area (Å²) >= 11 is 0. The molecule has 0 aromatic heterocycles. The Hall–Kier alpha value is -0.780. The van der Waals surface area contributed by atoms with Crippen LogP contribution in [0.5, 0.6) is 0 Å². The maximum atomic E-state index is 4.43. The molecule has 21 heavy (non-hydrogen) atoms. The third-order valence-corrected chi connectivity index (χ3v) is 7.92. The van der Waals surface area contributed by atoms with Crippen molar-refractivity contribution in [3.8, 4) is 0 Å². The molecular weight excluding hydrogens is 252 g/mol. The first kappa shape index (κ1) is 13.9. The number of hydrogen-bond donors (Lipinski definition) is 0. The highest BCUT2D eigenvalue weighted by molar-refractivity contribution is 5.37. The molecule has 5 atom stereocenters. The average molecular weight is 282 g/mol. The molecule has 4 aliphatic rings. The van der Waals surface area contributed by atoms with Gasteiger partial charge < -0.3 is 0 Å². The van der Waals surface area contributed by atoms with E-state index >= 15 is 0 Å². The second-order valence-corrected chi connectivity index (χ2v) is 8.78. The van der Waals surface area contributed by atoms with Crippen LogP contribution >= 0.6 is 0 Å². The molecule has 0 N–H and O–H groups in total. The lowest BCUT2D eigenvalue weighted by molar-refractivity contribution is -0.00606. The highest BCUT2D eigenvalue weighted by atomic mass is 14.6. The fraction of sp³-hybridized carbons (Fsp3) is 0.714. The molecule has 0 saturated heterocycles. The maximum absolute atomic E-state index is 4.43. The Morgan fingerprint density at radius 1 is 1.05 bits per heavy atom. The smallest absolute Gasteiger partial charge is 0.00443 e. The van der Waals surface area contributed by atoms with Gasteiger partial charge in [0.05, 0.1) is 0 Å². The van der Waals surface area contributed by atoms with E-state index in [1.165, 1.54) is 44.9 Å². The molecule has 0 amide bonds. The molecule has 0 aromatic carbocycles. The number of rotatable bonds is 0. The second-order valence-electron chi connectivity index (χ2n) is 8.78. The number of allylic oxidation sites excluding steroid dienone is 5. The van der Waals surface area contributed by atoms with Crippen LogP contribution in [0.25, 0.3) is 0 Å². The van der Waals surface area contributed by atoms with Crippen molar-refractivity contribution < 1.29 is 0 Å². The summed E-state index contributed by atoms with van der Waals surface area (Å²) in [6.45, 7) is 11.8. The van der Waals surface area contributed by atoms with E-state index in [1.807, 2.05) is 0 Å². The molecule has 2 saturated carbocycles. The lowest BCUT2D eigenvalue weighted by Gasteiger charge is -2.56. The predicted molar refractivity (Wildman–Crippen MR) is 90.0 cm³/mol. The van der Waals surface area contributed by atoms with E-state index < -0.39 is 0 Å². The van der Waals surface area contributed by atoms with Crippen molar-refractivity contribution in [3.05, 3.63) is 35.5 Å². The summed E-state index contributed by atoms with van der Waals surface area (Å²) in [6.07, 6.45) is 14.7. The predicted octanol–water partition coefficient (Wildman–Crippen LogP) is 6.06. The molecule has 0 bridgehead atoms. The highest BCUT2D eigenvalue weighted by Gasteiger charge is 2.56. The number of fused-ring (bicyclic) bond motifs is 5. The van der Waals surface area contributed by atoms with E-state index in [4.69, 9.17) is 0 Å². The van der Waals surface area contributed by atoms with Gasteiger partial charge in [-0.05, 0) is 86.0 Å². The molecule has 0 spiro atoms. The van der Waals surface area contributed by atoms with Crippen molar-refractivity contribution in [2.75, 3.05) is 0 Å². The van der Waals surface area contributed by atoms with Gasteiger partial charge in [0.1, 0.15) is 0 Å². The average Bonchev–Trinajstić information content (AvgIpc) is 2.76. The first-order chi connectivity index (χ1) is 9.95. The van der Waals surface area contributed by atoms with Gasteiger partial charge in [-0.3, -0.25) is 0 Å². The third kappa shape index (κ3) is 1.74. The molecule has 0 nitrogen and oxygen atoms in total. The fourth-order valence-electron chi connectivity index (χ4n) is 6.37. The maximum Gasteiger partial charge on any atom is -0.00443 e. The SMILES string of the molecule is C=C1CCC2C3CC=C4C=C(C)CCC4(C)C3CCC12C. The Bertz CT molecular complexity index is 548. The molecule has 0 radical (unpaired) electrons. The summed E-state index contributed by atoms with van der Waals surface area (Å²) in [5.41, 5.74) is 5.75. The Morgan fingerprint density at radius 2 is 1.81 bits per heavy atom. The van der Waals surface area contributed by atoms with Crippen LogP contribution in [-0.2, 0) is 0 Å². The summed E-state index contributed by atoms with van der Waals surface area (Å²) in [5.74, 6) is 2.75. The molecule has 0 aliphatic heterocycles. The van der Waals surface area contributed by atoms with Crippen LogP contribution in [0.1, 0.15) is 65.7 Å². The molecule has 0 heteroatoms. The van der Waals surface area contributed by atoms with E-state index in [0.717, 1.165) is 17.8 Å². The van der Waals surface area contributed by atoms with Crippen molar-refractivity contribution in [1.82, 2.24) is 0 Å². The zero-order valence-electron chi connectivity index (χ0n) is 14.0. The lowest BCUT2D eigenvalue weighted by atomic mass is 9.48. The molecule has 114 valence electrons. The van der Waals surface area contributed by atoms with Gasteiger partial charge in [-0.1, -0.05) is 43.7 Å². The summed E-state index contributed by atoms with van der Waals surface area (Å²) in [4.78, 5) is 0. The summed E-state index contributed by atoms with van der Waals surface area (Å²) in [5, 5.41) is 0. The van der Waals surface area contributed by atoms with Crippen molar-refractivity contribution in [3.63, 3.8) is 0 Å². The Labute approximate surface area is 130 Å². The van der Waals surface area contributed by atoms with Gasteiger partial charge in [0.25, 0.3) is 0 Å². The van der Waals surface area contributed by atoms with Crippen LogP contribution in [-0.4, -0.2) is 0 Å². The zero-order chi connectivity index (χ0) is 14.8. The Kier molecular flexibility index (Phi) is 2.88. The minimum Gasteiger partial charge on any atom is -0.0993 e. The van der Waals surface area contributed by atoms with Crippen LogP contribution in [0.3, 0.4) is 0 Å². The highest BCUT2D eigenvalue weighted by Crippen LogP contribution is 2.65. The monoisotopic (exact) mass is 282 g/mol. The molecular formula is C21H30. The van der Waals surface area contributed by atoms with Gasteiger partial charge in [0, 0.05) is 0 Å². The summed E-state index contributed by atoms with van der Waals surface area (Å²) < 4.78 is 0. The first-order valence-electron chi connectivity index (χ1n) is 9.01. The van der Waals surface area contributed by atoms with Crippen molar-refractivity contribution in [2.24, 2.45) is 28.6 Å². The van der Waals surface area contributed by atoms with Crippen LogP contribution in [0.4, 0.5) is 0 Å². The standard InChI is InChI=1S/C21H30/c1-14-9-11-21(4)16(13-14)6-7-17-18-8-5-15(2)20(18,3)12-10-19(17)21/h6,13,17-19H,2,5,7-12H2,1,3-4H3. The molecule has 4 aliphatic carbocycles. The van der Waals surface area contributed by atoms with Crippen LogP contribution in [0.15, 0.2) is 35.5 Å². The van der Waals surface area contributed by atoms with Gasteiger partial charge in [0.2, 0.25) is 0 Å². The Balaban J connectivity index is 1.73. The molecule has 4 rings (SSSR count). The van der Waals surface area contributed by atoms with Gasteiger partial charge in [0.15, 0.2) is 0 Å². The Morgan fingerprint density at radius 3 is 2.62 bits per heavy atom. The molecule has 0 heterocycles.